The third-order valence-corrected chi connectivity index (χ3v) is 3.13. The van der Waals surface area contributed by atoms with Crippen LogP contribution in [0.4, 0.5) is 5.69 Å². The third kappa shape index (κ3) is 3.39. The molecule has 0 aliphatic carbocycles. The fraction of sp³-hybridized carbons (Fsp3) is 0.0714. The molecule has 0 bridgehead atoms. The Balaban J connectivity index is 2.21. The van der Waals surface area contributed by atoms with Gasteiger partial charge in [-0.15, -0.1) is 0 Å². The van der Waals surface area contributed by atoms with Crippen LogP contribution in [0.3, 0.4) is 0 Å². The maximum absolute atomic E-state index is 12.1. The second-order valence-corrected chi connectivity index (χ2v) is 4.84. The van der Waals surface area contributed by atoms with Gasteiger partial charge in [0.05, 0.1) is 10.7 Å². The van der Waals surface area contributed by atoms with E-state index in [4.69, 9.17) is 21.6 Å². The molecule has 1 amide bonds. The number of rotatable bonds is 3. The van der Waals surface area contributed by atoms with E-state index < -0.39 is 7.12 Å². The van der Waals surface area contributed by atoms with Crippen molar-refractivity contribution >= 4 is 35.8 Å². The molecule has 2 rings (SSSR count). The zero-order valence-electron chi connectivity index (χ0n) is 10.8. The lowest BCUT2D eigenvalue weighted by Gasteiger charge is -2.09. The van der Waals surface area contributed by atoms with Crippen molar-refractivity contribution in [2.24, 2.45) is 0 Å². The van der Waals surface area contributed by atoms with Gasteiger partial charge >= 0.3 is 7.12 Å². The molecule has 2 aromatic carbocycles. The monoisotopic (exact) mass is 289 g/mol. The molecule has 0 heterocycles. The number of hydrogen-bond acceptors (Lipinski definition) is 3. The average Bonchev–Trinajstić information content (AvgIpc) is 2.42. The Morgan fingerprint density at radius 1 is 1.20 bits per heavy atom. The van der Waals surface area contributed by atoms with Gasteiger partial charge in [0.25, 0.3) is 5.91 Å². The lowest BCUT2D eigenvalue weighted by atomic mass is 9.79. The van der Waals surface area contributed by atoms with Crippen molar-refractivity contribution in [3.63, 3.8) is 0 Å². The molecule has 0 radical (unpaired) electrons. The highest BCUT2D eigenvalue weighted by atomic mass is 35.5. The summed E-state index contributed by atoms with van der Waals surface area (Å²) in [5.74, 6) is -0.363. The van der Waals surface area contributed by atoms with E-state index in [9.17, 15) is 4.79 Å². The van der Waals surface area contributed by atoms with Crippen LogP contribution in [0.15, 0.2) is 42.5 Å². The van der Waals surface area contributed by atoms with Crippen LogP contribution in [-0.4, -0.2) is 23.1 Å². The van der Waals surface area contributed by atoms with Gasteiger partial charge in [-0.1, -0.05) is 29.8 Å². The van der Waals surface area contributed by atoms with Crippen LogP contribution >= 0.6 is 11.6 Å². The minimum Gasteiger partial charge on any atom is -0.423 e. The predicted octanol–water partition coefficient (Wildman–Crippen LogP) is 1.58. The Morgan fingerprint density at radius 3 is 2.60 bits per heavy atom. The molecular weight excluding hydrogens is 276 g/mol. The van der Waals surface area contributed by atoms with Gasteiger partial charge in [-0.2, -0.15) is 0 Å². The summed E-state index contributed by atoms with van der Waals surface area (Å²) in [6, 6.07) is 11.4. The van der Waals surface area contributed by atoms with Gasteiger partial charge in [-0.25, -0.2) is 0 Å². The Kier molecular flexibility index (Phi) is 4.44. The van der Waals surface area contributed by atoms with E-state index in [2.05, 4.69) is 5.32 Å². The van der Waals surface area contributed by atoms with E-state index >= 15 is 0 Å². The van der Waals surface area contributed by atoms with Crippen molar-refractivity contribution in [2.75, 3.05) is 5.32 Å². The van der Waals surface area contributed by atoms with Crippen LogP contribution in [0.2, 0.25) is 5.02 Å². The van der Waals surface area contributed by atoms with E-state index in [-0.39, 0.29) is 11.4 Å². The van der Waals surface area contributed by atoms with Crippen LogP contribution in [0.25, 0.3) is 0 Å². The Labute approximate surface area is 122 Å². The van der Waals surface area contributed by atoms with Gasteiger partial charge < -0.3 is 15.4 Å². The molecule has 102 valence electrons. The summed E-state index contributed by atoms with van der Waals surface area (Å²) in [5, 5.41) is 21.3. The molecule has 0 aliphatic heterocycles. The molecular formula is C14H13BClNO3. The number of aryl methyl sites for hydroxylation is 1. The molecule has 0 saturated heterocycles. The second-order valence-electron chi connectivity index (χ2n) is 4.44. The first-order valence-corrected chi connectivity index (χ1v) is 6.39. The molecule has 3 N–H and O–H groups in total. The Morgan fingerprint density at radius 2 is 1.95 bits per heavy atom. The van der Waals surface area contributed by atoms with Gasteiger partial charge in [-0.3, -0.25) is 4.79 Å². The number of carbonyl (C=O) groups is 1. The van der Waals surface area contributed by atoms with Crippen molar-refractivity contribution in [3.8, 4) is 0 Å². The highest BCUT2D eigenvalue weighted by Gasteiger charge is 2.14. The topological polar surface area (TPSA) is 69.6 Å². The molecule has 0 fully saturated rings. The van der Waals surface area contributed by atoms with Crippen LogP contribution in [0, 0.1) is 6.92 Å². The molecule has 4 nitrogen and oxygen atoms in total. The molecule has 2 aromatic rings. The fourth-order valence-corrected chi connectivity index (χ4v) is 2.04. The molecule has 0 aromatic heterocycles. The van der Waals surface area contributed by atoms with E-state index in [1.807, 2.05) is 13.0 Å². The van der Waals surface area contributed by atoms with Gasteiger partial charge in [0, 0.05) is 5.56 Å². The standard InChI is InChI=1S/C14H13BClNO3/c1-9-5-6-13(12(16)7-9)17-14(18)10-3-2-4-11(8-10)15(19)20/h2-8,19-20H,1H3,(H,17,18). The number of nitrogens with one attached hydrogen (secondary N) is 1. The van der Waals surface area contributed by atoms with Crippen molar-refractivity contribution in [3.05, 3.63) is 58.6 Å². The number of hydrogen-bond donors (Lipinski definition) is 3. The second kappa shape index (κ2) is 6.09. The number of amides is 1. The predicted molar refractivity (Wildman–Crippen MR) is 80.4 cm³/mol. The van der Waals surface area contributed by atoms with Crippen LogP contribution < -0.4 is 10.8 Å². The average molecular weight is 290 g/mol. The molecule has 0 atom stereocenters. The number of carbonyl (C=O) groups excluding carboxylic acids is 1. The van der Waals surface area contributed by atoms with Crippen molar-refractivity contribution in [1.82, 2.24) is 0 Å². The van der Waals surface area contributed by atoms with Crippen molar-refractivity contribution in [1.29, 1.82) is 0 Å². The van der Waals surface area contributed by atoms with E-state index in [0.717, 1.165) is 5.56 Å². The summed E-state index contributed by atoms with van der Waals surface area (Å²) < 4.78 is 0. The number of benzene rings is 2. The van der Waals surface area contributed by atoms with Crippen molar-refractivity contribution in [2.45, 2.75) is 6.92 Å². The summed E-state index contributed by atoms with van der Waals surface area (Å²) >= 11 is 6.05. The SMILES string of the molecule is Cc1ccc(NC(=O)c2cccc(B(O)O)c2)c(Cl)c1. The van der Waals surface area contributed by atoms with E-state index in [1.54, 1.807) is 24.3 Å². The first-order valence-electron chi connectivity index (χ1n) is 6.01. The summed E-state index contributed by atoms with van der Waals surface area (Å²) in [6.45, 7) is 1.91. The smallest absolute Gasteiger partial charge is 0.423 e. The van der Waals surface area contributed by atoms with Gasteiger partial charge in [0.15, 0.2) is 0 Å². The van der Waals surface area contributed by atoms with Gasteiger partial charge in [0.1, 0.15) is 0 Å². The lowest BCUT2D eigenvalue weighted by molar-refractivity contribution is 0.102. The Bertz CT molecular complexity index is 646. The maximum Gasteiger partial charge on any atom is 0.488 e. The first kappa shape index (κ1) is 14.6. The summed E-state index contributed by atoms with van der Waals surface area (Å²) in [4.78, 5) is 12.1. The fourth-order valence-electron chi connectivity index (χ4n) is 1.76. The summed E-state index contributed by atoms with van der Waals surface area (Å²) in [6.07, 6.45) is 0. The third-order valence-electron chi connectivity index (χ3n) is 2.82. The summed E-state index contributed by atoms with van der Waals surface area (Å²) in [5.41, 5.74) is 2.09. The minimum absolute atomic E-state index is 0.257. The number of halogens is 1. The molecule has 6 heteroatoms. The van der Waals surface area contributed by atoms with Crippen LogP contribution in [-0.2, 0) is 0 Å². The van der Waals surface area contributed by atoms with Gasteiger partial charge in [0.2, 0.25) is 0 Å². The quantitative estimate of drug-likeness (QED) is 0.751. The first-order chi connectivity index (χ1) is 9.47. The maximum atomic E-state index is 12.1. The highest BCUT2D eigenvalue weighted by Crippen LogP contribution is 2.23. The minimum atomic E-state index is -1.61. The lowest BCUT2D eigenvalue weighted by Crippen LogP contribution is -2.30. The number of anilines is 1. The normalized spacial score (nSPS) is 10.2. The molecule has 0 aliphatic rings. The van der Waals surface area contributed by atoms with Crippen LogP contribution in [0.1, 0.15) is 15.9 Å². The molecule has 20 heavy (non-hydrogen) atoms. The summed E-state index contributed by atoms with van der Waals surface area (Å²) in [7, 11) is -1.61. The molecule has 0 unspecified atom stereocenters. The molecule has 0 saturated carbocycles. The zero-order chi connectivity index (χ0) is 14.7. The highest BCUT2D eigenvalue weighted by molar-refractivity contribution is 6.58. The van der Waals surface area contributed by atoms with E-state index in [0.29, 0.717) is 16.3 Å². The van der Waals surface area contributed by atoms with E-state index in [1.165, 1.54) is 12.1 Å². The zero-order valence-corrected chi connectivity index (χ0v) is 11.6. The Hall–Kier alpha value is -1.82. The molecule has 0 spiro atoms. The van der Waals surface area contributed by atoms with Gasteiger partial charge in [-0.05, 0) is 42.2 Å². The van der Waals surface area contributed by atoms with Crippen molar-refractivity contribution < 1.29 is 14.8 Å². The largest absolute Gasteiger partial charge is 0.488 e. The van der Waals surface area contributed by atoms with Crippen LogP contribution in [0.5, 0.6) is 0 Å².